The highest BCUT2D eigenvalue weighted by Gasteiger charge is 2.17. The number of nitrogens with two attached hydrogens (primary N) is 1. The largest absolute Gasteiger partial charge is 0.445 e. The van der Waals surface area contributed by atoms with Crippen LogP contribution in [0.15, 0.2) is 30.3 Å². The SMILES string of the molecule is NNC(=O)CN(CCO)C(=O)OCc1ccccc1. The van der Waals surface area contributed by atoms with Gasteiger partial charge in [-0.05, 0) is 5.56 Å². The predicted octanol–water partition coefficient (Wildman–Crippen LogP) is -0.393. The summed E-state index contributed by atoms with van der Waals surface area (Å²) in [6.07, 6.45) is -0.679. The van der Waals surface area contributed by atoms with Crippen molar-refractivity contribution in [2.45, 2.75) is 6.61 Å². The monoisotopic (exact) mass is 267 g/mol. The molecule has 2 amide bonds. The van der Waals surface area contributed by atoms with Crippen LogP contribution in [0.4, 0.5) is 4.79 Å². The minimum absolute atomic E-state index is 0.00103. The summed E-state index contributed by atoms with van der Waals surface area (Å²) in [5, 5.41) is 8.84. The van der Waals surface area contributed by atoms with E-state index in [-0.39, 0.29) is 26.3 Å². The zero-order chi connectivity index (χ0) is 14.1. The summed E-state index contributed by atoms with van der Waals surface area (Å²) in [6.45, 7) is -0.421. The minimum Gasteiger partial charge on any atom is -0.445 e. The summed E-state index contributed by atoms with van der Waals surface area (Å²) < 4.78 is 5.04. The van der Waals surface area contributed by atoms with E-state index in [4.69, 9.17) is 15.7 Å². The lowest BCUT2D eigenvalue weighted by molar-refractivity contribution is -0.122. The summed E-state index contributed by atoms with van der Waals surface area (Å²) in [6, 6.07) is 9.15. The number of carbonyl (C=O) groups excluding carboxylic acids is 2. The number of aliphatic hydroxyl groups excluding tert-OH is 1. The second-order valence-electron chi connectivity index (χ2n) is 3.75. The van der Waals surface area contributed by atoms with Gasteiger partial charge in [-0.2, -0.15) is 0 Å². The van der Waals surface area contributed by atoms with Gasteiger partial charge in [-0.25, -0.2) is 10.6 Å². The van der Waals surface area contributed by atoms with Crippen LogP contribution >= 0.6 is 0 Å². The van der Waals surface area contributed by atoms with Crippen LogP contribution in [0.1, 0.15) is 5.56 Å². The first-order chi connectivity index (χ1) is 9.17. The topological polar surface area (TPSA) is 105 Å². The molecule has 0 bridgehead atoms. The summed E-state index contributed by atoms with van der Waals surface area (Å²) in [5.41, 5.74) is 2.75. The maximum absolute atomic E-state index is 11.7. The average Bonchev–Trinajstić information content (AvgIpc) is 2.45. The van der Waals surface area contributed by atoms with Crippen LogP contribution in [0.25, 0.3) is 0 Å². The molecule has 0 saturated heterocycles. The third-order valence-electron chi connectivity index (χ3n) is 2.33. The molecule has 0 aliphatic rings. The highest BCUT2D eigenvalue weighted by Crippen LogP contribution is 2.03. The molecule has 0 spiro atoms. The first-order valence-electron chi connectivity index (χ1n) is 5.73. The van der Waals surface area contributed by atoms with Crippen molar-refractivity contribution in [2.75, 3.05) is 19.7 Å². The maximum atomic E-state index is 11.7. The third-order valence-corrected chi connectivity index (χ3v) is 2.33. The molecular weight excluding hydrogens is 250 g/mol. The van der Waals surface area contributed by atoms with Crippen LogP contribution in [0.5, 0.6) is 0 Å². The Kier molecular flexibility index (Phi) is 6.34. The smallest absolute Gasteiger partial charge is 0.410 e. The lowest BCUT2D eigenvalue weighted by Gasteiger charge is -2.20. The molecule has 104 valence electrons. The zero-order valence-corrected chi connectivity index (χ0v) is 10.4. The fourth-order valence-corrected chi connectivity index (χ4v) is 1.39. The molecule has 0 saturated carbocycles. The Bertz CT molecular complexity index is 411. The van der Waals surface area contributed by atoms with Crippen LogP contribution in [0.3, 0.4) is 0 Å². The first kappa shape index (κ1) is 14.9. The molecular formula is C12H17N3O4. The molecule has 0 unspecified atom stereocenters. The molecule has 1 aromatic rings. The van der Waals surface area contributed by atoms with E-state index in [2.05, 4.69) is 0 Å². The minimum atomic E-state index is -0.679. The number of aliphatic hydroxyl groups is 1. The number of carbonyl (C=O) groups is 2. The quantitative estimate of drug-likeness (QED) is 0.370. The van der Waals surface area contributed by atoms with Gasteiger partial charge in [-0.15, -0.1) is 0 Å². The molecule has 19 heavy (non-hydrogen) atoms. The predicted molar refractivity (Wildman–Crippen MR) is 67.6 cm³/mol. The van der Waals surface area contributed by atoms with Crippen molar-refractivity contribution in [1.82, 2.24) is 10.3 Å². The standard InChI is InChI=1S/C12H17N3O4/c13-14-11(17)8-15(6-7-16)12(18)19-9-10-4-2-1-3-5-10/h1-5,16H,6-9,13H2,(H,14,17). The first-order valence-corrected chi connectivity index (χ1v) is 5.73. The van der Waals surface area contributed by atoms with E-state index in [1.807, 2.05) is 35.8 Å². The Morgan fingerprint density at radius 3 is 2.58 bits per heavy atom. The van der Waals surface area contributed by atoms with Gasteiger partial charge in [-0.3, -0.25) is 15.1 Å². The number of hydrogen-bond donors (Lipinski definition) is 3. The normalized spacial score (nSPS) is 9.79. The van der Waals surface area contributed by atoms with Crippen LogP contribution in [-0.4, -0.2) is 41.7 Å². The zero-order valence-electron chi connectivity index (χ0n) is 10.4. The Morgan fingerprint density at radius 2 is 2.00 bits per heavy atom. The van der Waals surface area contributed by atoms with Gasteiger partial charge in [0, 0.05) is 6.54 Å². The molecule has 0 aromatic heterocycles. The van der Waals surface area contributed by atoms with Crippen molar-refractivity contribution in [1.29, 1.82) is 0 Å². The lowest BCUT2D eigenvalue weighted by Crippen LogP contribution is -2.44. The van der Waals surface area contributed by atoms with Crippen molar-refractivity contribution in [3.05, 3.63) is 35.9 Å². The molecule has 0 atom stereocenters. The fourth-order valence-electron chi connectivity index (χ4n) is 1.39. The van der Waals surface area contributed by atoms with Gasteiger partial charge in [0.25, 0.3) is 5.91 Å². The molecule has 7 heteroatoms. The Morgan fingerprint density at radius 1 is 1.32 bits per heavy atom. The van der Waals surface area contributed by atoms with Crippen LogP contribution < -0.4 is 11.3 Å². The van der Waals surface area contributed by atoms with Crippen LogP contribution in [0.2, 0.25) is 0 Å². The van der Waals surface area contributed by atoms with Gasteiger partial charge < -0.3 is 9.84 Å². The number of ether oxygens (including phenoxy) is 1. The molecule has 7 nitrogen and oxygen atoms in total. The Hall–Kier alpha value is -2.12. The molecule has 1 aromatic carbocycles. The van der Waals surface area contributed by atoms with E-state index in [0.717, 1.165) is 10.5 Å². The number of hydrazine groups is 1. The van der Waals surface area contributed by atoms with Gasteiger partial charge in [0.05, 0.1) is 6.61 Å². The summed E-state index contributed by atoms with van der Waals surface area (Å²) >= 11 is 0. The van der Waals surface area contributed by atoms with Crippen molar-refractivity contribution >= 4 is 12.0 Å². The number of rotatable bonds is 6. The summed E-state index contributed by atoms with van der Waals surface area (Å²) in [7, 11) is 0. The molecule has 0 aliphatic carbocycles. The Balaban J connectivity index is 2.50. The second kappa shape index (κ2) is 8.06. The van der Waals surface area contributed by atoms with E-state index in [0.29, 0.717) is 0 Å². The van der Waals surface area contributed by atoms with Gasteiger partial charge >= 0.3 is 6.09 Å². The van der Waals surface area contributed by atoms with Crippen LogP contribution in [0, 0.1) is 0 Å². The number of nitrogens with one attached hydrogen (secondary N) is 1. The second-order valence-corrected chi connectivity index (χ2v) is 3.75. The Labute approximate surface area is 110 Å². The summed E-state index contributed by atoms with van der Waals surface area (Å²) in [4.78, 5) is 23.9. The number of nitrogens with zero attached hydrogens (tertiary/aromatic N) is 1. The van der Waals surface area contributed by atoms with Crippen molar-refractivity contribution in [3.63, 3.8) is 0 Å². The van der Waals surface area contributed by atoms with Gasteiger partial charge in [0.15, 0.2) is 0 Å². The van der Waals surface area contributed by atoms with Gasteiger partial charge in [0.1, 0.15) is 13.2 Å². The maximum Gasteiger partial charge on any atom is 0.410 e. The van der Waals surface area contributed by atoms with Crippen LogP contribution in [-0.2, 0) is 16.1 Å². The van der Waals surface area contributed by atoms with E-state index in [1.54, 1.807) is 0 Å². The molecule has 0 radical (unpaired) electrons. The molecule has 4 N–H and O–H groups in total. The molecule has 0 aliphatic heterocycles. The number of benzene rings is 1. The van der Waals surface area contributed by atoms with E-state index in [9.17, 15) is 9.59 Å². The highest BCUT2D eigenvalue weighted by molar-refractivity contribution is 5.81. The molecule has 0 fully saturated rings. The molecule has 1 rings (SSSR count). The van der Waals surface area contributed by atoms with Crippen molar-refractivity contribution < 1.29 is 19.4 Å². The fraction of sp³-hybridized carbons (Fsp3) is 0.333. The van der Waals surface area contributed by atoms with Crippen molar-refractivity contribution in [3.8, 4) is 0 Å². The molecule has 0 heterocycles. The number of hydrogen-bond acceptors (Lipinski definition) is 5. The lowest BCUT2D eigenvalue weighted by atomic mass is 10.2. The average molecular weight is 267 g/mol. The third kappa shape index (κ3) is 5.36. The van der Waals surface area contributed by atoms with E-state index >= 15 is 0 Å². The highest BCUT2D eigenvalue weighted by atomic mass is 16.6. The van der Waals surface area contributed by atoms with Gasteiger partial charge in [-0.1, -0.05) is 30.3 Å². The van der Waals surface area contributed by atoms with E-state index in [1.165, 1.54) is 0 Å². The van der Waals surface area contributed by atoms with Gasteiger partial charge in [0.2, 0.25) is 0 Å². The number of amides is 2. The van der Waals surface area contributed by atoms with E-state index < -0.39 is 12.0 Å². The van der Waals surface area contributed by atoms with Crippen molar-refractivity contribution in [2.24, 2.45) is 5.84 Å². The summed E-state index contributed by atoms with van der Waals surface area (Å²) in [5.74, 6) is 4.40.